The van der Waals surface area contributed by atoms with Crippen LogP contribution < -0.4 is 5.32 Å². The molecule has 0 fully saturated rings. The Bertz CT molecular complexity index is 191. The van der Waals surface area contributed by atoms with E-state index >= 15 is 0 Å². The van der Waals surface area contributed by atoms with E-state index < -0.39 is 0 Å². The first kappa shape index (κ1) is 7.32. The molecule has 0 unspecified atom stereocenters. The highest BCUT2D eigenvalue weighted by molar-refractivity contribution is 5.84. The van der Waals surface area contributed by atoms with Gasteiger partial charge in [0.15, 0.2) is 0 Å². The summed E-state index contributed by atoms with van der Waals surface area (Å²) in [5.41, 5.74) is 0.767. The quantitative estimate of drug-likeness (QED) is 0.540. The molecule has 0 aromatic rings. The van der Waals surface area contributed by atoms with Crippen LogP contribution in [-0.4, -0.2) is 5.91 Å². The number of carbonyl (C=O) groups is 1. The molecule has 56 valence electrons. The molecular formula is C8H13NO. The lowest BCUT2D eigenvalue weighted by Crippen LogP contribution is -2.38. The van der Waals surface area contributed by atoms with Crippen molar-refractivity contribution in [2.24, 2.45) is 5.41 Å². The molecule has 0 aromatic carbocycles. The number of hydrogen-bond donors (Lipinski definition) is 1. The van der Waals surface area contributed by atoms with Crippen LogP contribution in [0.25, 0.3) is 0 Å². The Labute approximate surface area is 61.3 Å². The van der Waals surface area contributed by atoms with Gasteiger partial charge in [0, 0.05) is 11.1 Å². The summed E-state index contributed by atoms with van der Waals surface area (Å²) in [6, 6.07) is 0. The molecule has 0 saturated carbocycles. The summed E-state index contributed by atoms with van der Waals surface area (Å²) >= 11 is 0. The Hall–Kier alpha value is -0.790. The summed E-state index contributed by atoms with van der Waals surface area (Å²) in [5, 5.41) is 2.79. The van der Waals surface area contributed by atoms with E-state index in [1.165, 1.54) is 0 Å². The molecule has 1 aliphatic heterocycles. The van der Waals surface area contributed by atoms with Gasteiger partial charge < -0.3 is 5.32 Å². The van der Waals surface area contributed by atoms with Crippen LogP contribution in [0.15, 0.2) is 11.8 Å². The monoisotopic (exact) mass is 139 g/mol. The Morgan fingerprint density at radius 3 is 2.60 bits per heavy atom. The predicted octanol–water partition coefficient (Wildman–Crippen LogP) is 1.44. The molecule has 0 aliphatic carbocycles. The van der Waals surface area contributed by atoms with Gasteiger partial charge in [-0.1, -0.05) is 19.9 Å². The van der Waals surface area contributed by atoms with Gasteiger partial charge in [0.05, 0.1) is 0 Å². The van der Waals surface area contributed by atoms with Crippen LogP contribution in [-0.2, 0) is 4.79 Å². The van der Waals surface area contributed by atoms with E-state index in [1.807, 2.05) is 20.8 Å². The van der Waals surface area contributed by atoms with Crippen molar-refractivity contribution in [2.45, 2.75) is 27.2 Å². The van der Waals surface area contributed by atoms with Crippen molar-refractivity contribution >= 4 is 5.91 Å². The standard InChI is InChI=1S/C8H13NO/c1-6-4-5-8(2,3)7(10)9-6/h4H,5H2,1-3H3,(H,9,10). The molecule has 2 nitrogen and oxygen atoms in total. The van der Waals surface area contributed by atoms with E-state index in [0.717, 1.165) is 12.1 Å². The van der Waals surface area contributed by atoms with E-state index in [1.54, 1.807) is 0 Å². The third-order valence-electron chi connectivity index (χ3n) is 1.84. The third-order valence-corrected chi connectivity index (χ3v) is 1.84. The second kappa shape index (κ2) is 2.11. The maximum atomic E-state index is 11.2. The van der Waals surface area contributed by atoms with Gasteiger partial charge in [-0.05, 0) is 13.3 Å². The highest BCUT2D eigenvalue weighted by Crippen LogP contribution is 2.25. The molecule has 0 saturated heterocycles. The summed E-state index contributed by atoms with van der Waals surface area (Å²) in [5.74, 6) is 0.132. The van der Waals surface area contributed by atoms with Crippen molar-refractivity contribution in [1.82, 2.24) is 5.32 Å². The number of rotatable bonds is 0. The predicted molar refractivity (Wildman–Crippen MR) is 40.3 cm³/mol. The first-order chi connectivity index (χ1) is 4.52. The fourth-order valence-electron chi connectivity index (χ4n) is 0.900. The molecule has 0 aromatic heterocycles. The average Bonchev–Trinajstić information content (AvgIpc) is 1.81. The van der Waals surface area contributed by atoms with Crippen LogP contribution in [0.4, 0.5) is 0 Å². The largest absolute Gasteiger partial charge is 0.330 e. The third kappa shape index (κ3) is 1.20. The molecule has 0 radical (unpaired) electrons. The fourth-order valence-corrected chi connectivity index (χ4v) is 0.900. The Balaban J connectivity index is 2.80. The Kier molecular flexibility index (Phi) is 1.55. The summed E-state index contributed by atoms with van der Waals surface area (Å²) in [6.45, 7) is 5.81. The maximum absolute atomic E-state index is 11.2. The van der Waals surface area contributed by atoms with Gasteiger partial charge in [-0.2, -0.15) is 0 Å². The van der Waals surface area contributed by atoms with E-state index in [2.05, 4.69) is 11.4 Å². The fraction of sp³-hybridized carbons (Fsp3) is 0.625. The molecule has 0 spiro atoms. The second-order valence-corrected chi connectivity index (χ2v) is 3.43. The molecule has 10 heavy (non-hydrogen) atoms. The van der Waals surface area contributed by atoms with Crippen LogP contribution in [0, 0.1) is 5.41 Å². The summed E-state index contributed by atoms with van der Waals surface area (Å²) in [6.07, 6.45) is 2.91. The summed E-state index contributed by atoms with van der Waals surface area (Å²) < 4.78 is 0. The second-order valence-electron chi connectivity index (χ2n) is 3.43. The highest BCUT2D eigenvalue weighted by atomic mass is 16.2. The first-order valence-electron chi connectivity index (χ1n) is 3.50. The number of allylic oxidation sites excluding steroid dienone is 2. The van der Waals surface area contributed by atoms with Crippen molar-refractivity contribution in [3.05, 3.63) is 11.8 Å². The normalized spacial score (nSPS) is 23.5. The maximum Gasteiger partial charge on any atom is 0.230 e. The highest BCUT2D eigenvalue weighted by Gasteiger charge is 2.29. The van der Waals surface area contributed by atoms with Gasteiger partial charge in [0.1, 0.15) is 0 Å². The molecule has 1 heterocycles. The first-order valence-corrected chi connectivity index (χ1v) is 3.50. The van der Waals surface area contributed by atoms with Crippen LogP contribution in [0.2, 0.25) is 0 Å². The van der Waals surface area contributed by atoms with Crippen LogP contribution >= 0.6 is 0 Å². The smallest absolute Gasteiger partial charge is 0.230 e. The Morgan fingerprint density at radius 2 is 2.20 bits per heavy atom. The Morgan fingerprint density at radius 1 is 1.60 bits per heavy atom. The minimum Gasteiger partial charge on any atom is -0.330 e. The van der Waals surface area contributed by atoms with Gasteiger partial charge in [0.25, 0.3) is 0 Å². The van der Waals surface area contributed by atoms with Crippen molar-refractivity contribution < 1.29 is 4.79 Å². The average molecular weight is 139 g/mol. The number of hydrogen-bond acceptors (Lipinski definition) is 1. The number of amides is 1. The lowest BCUT2D eigenvalue weighted by atomic mass is 9.86. The molecule has 1 aliphatic rings. The molecule has 1 N–H and O–H groups in total. The molecule has 0 atom stereocenters. The molecule has 1 amide bonds. The molecule has 1 rings (SSSR count). The van der Waals surface area contributed by atoms with E-state index in [-0.39, 0.29) is 11.3 Å². The molecule has 2 heteroatoms. The van der Waals surface area contributed by atoms with Crippen LogP contribution in [0.3, 0.4) is 0 Å². The van der Waals surface area contributed by atoms with Gasteiger partial charge in [-0.25, -0.2) is 0 Å². The van der Waals surface area contributed by atoms with E-state index in [0.29, 0.717) is 0 Å². The zero-order chi connectivity index (χ0) is 7.78. The number of carbonyl (C=O) groups excluding carboxylic acids is 1. The van der Waals surface area contributed by atoms with Crippen LogP contribution in [0.1, 0.15) is 27.2 Å². The minimum atomic E-state index is -0.209. The lowest BCUT2D eigenvalue weighted by Gasteiger charge is -2.26. The van der Waals surface area contributed by atoms with Gasteiger partial charge in [0.2, 0.25) is 5.91 Å². The van der Waals surface area contributed by atoms with E-state index in [4.69, 9.17) is 0 Å². The van der Waals surface area contributed by atoms with Gasteiger partial charge in [-0.15, -0.1) is 0 Å². The van der Waals surface area contributed by atoms with Gasteiger partial charge in [-0.3, -0.25) is 4.79 Å². The number of nitrogens with one attached hydrogen (secondary N) is 1. The zero-order valence-electron chi connectivity index (χ0n) is 6.69. The summed E-state index contributed by atoms with van der Waals surface area (Å²) in [4.78, 5) is 11.2. The van der Waals surface area contributed by atoms with E-state index in [9.17, 15) is 4.79 Å². The lowest BCUT2D eigenvalue weighted by molar-refractivity contribution is -0.129. The van der Waals surface area contributed by atoms with Crippen molar-refractivity contribution in [2.75, 3.05) is 0 Å². The molecule has 0 bridgehead atoms. The molecular weight excluding hydrogens is 126 g/mol. The SMILES string of the molecule is CC1=CCC(C)(C)C(=O)N1. The zero-order valence-corrected chi connectivity index (χ0v) is 6.69. The van der Waals surface area contributed by atoms with Crippen molar-refractivity contribution in [3.63, 3.8) is 0 Å². The van der Waals surface area contributed by atoms with Crippen molar-refractivity contribution in [3.8, 4) is 0 Å². The summed E-state index contributed by atoms with van der Waals surface area (Å²) in [7, 11) is 0. The minimum absolute atomic E-state index is 0.132. The van der Waals surface area contributed by atoms with Gasteiger partial charge >= 0.3 is 0 Å². The van der Waals surface area contributed by atoms with Crippen molar-refractivity contribution in [1.29, 1.82) is 0 Å². The van der Waals surface area contributed by atoms with Crippen LogP contribution in [0.5, 0.6) is 0 Å². The topological polar surface area (TPSA) is 29.1 Å².